The Morgan fingerprint density at radius 3 is 2.80 bits per heavy atom. The summed E-state index contributed by atoms with van der Waals surface area (Å²) in [5.41, 5.74) is 2.19. The number of fused-ring (bicyclic) bond motifs is 1. The second-order valence-electron chi connectivity index (χ2n) is 7.52. The van der Waals surface area contributed by atoms with Gasteiger partial charge in [-0.05, 0) is 49.9 Å². The highest BCUT2D eigenvalue weighted by Crippen LogP contribution is 2.30. The number of rotatable bonds is 3. The van der Waals surface area contributed by atoms with Crippen LogP contribution in [0.1, 0.15) is 55.4 Å². The Balaban J connectivity index is 1.58. The number of nitrogens with zero attached hydrogens (tertiary/aromatic N) is 1. The summed E-state index contributed by atoms with van der Waals surface area (Å²) in [4.78, 5) is 27.9. The standard InChI is InChI=1S/C19H26N4O2/c1-12-8-9-20-11-16(12)21-18(24)13-6-7-17-15(10-13)22-19(25)23(17)14-4-2-3-5-14/h6-7,10,12,14,16,20H,2-5,8-9,11H2,1H3,(H,21,24)(H,22,25). The van der Waals surface area contributed by atoms with Gasteiger partial charge >= 0.3 is 5.69 Å². The summed E-state index contributed by atoms with van der Waals surface area (Å²) in [5.74, 6) is 0.397. The number of imidazole rings is 1. The fourth-order valence-electron chi connectivity index (χ4n) is 4.23. The third kappa shape index (κ3) is 3.11. The summed E-state index contributed by atoms with van der Waals surface area (Å²) in [7, 11) is 0. The van der Waals surface area contributed by atoms with Crippen molar-refractivity contribution in [1.82, 2.24) is 20.2 Å². The molecule has 3 N–H and O–H groups in total. The Morgan fingerprint density at radius 2 is 2.04 bits per heavy atom. The van der Waals surface area contributed by atoms with Gasteiger partial charge in [-0.2, -0.15) is 0 Å². The minimum absolute atomic E-state index is 0.0652. The van der Waals surface area contributed by atoms with Crippen molar-refractivity contribution in [3.63, 3.8) is 0 Å². The predicted molar refractivity (Wildman–Crippen MR) is 98.0 cm³/mol. The zero-order valence-corrected chi connectivity index (χ0v) is 14.7. The molecule has 1 aliphatic heterocycles. The average Bonchev–Trinajstić information content (AvgIpc) is 3.22. The van der Waals surface area contributed by atoms with Crippen LogP contribution in [-0.4, -0.2) is 34.6 Å². The Morgan fingerprint density at radius 1 is 1.24 bits per heavy atom. The largest absolute Gasteiger partial charge is 0.348 e. The molecule has 2 aliphatic rings. The molecule has 0 spiro atoms. The van der Waals surface area contributed by atoms with E-state index < -0.39 is 0 Å². The first-order valence-corrected chi connectivity index (χ1v) is 9.39. The van der Waals surface area contributed by atoms with Crippen LogP contribution >= 0.6 is 0 Å². The number of nitrogens with one attached hydrogen (secondary N) is 3. The van der Waals surface area contributed by atoms with Crippen molar-refractivity contribution in [2.45, 2.75) is 51.1 Å². The summed E-state index contributed by atoms with van der Waals surface area (Å²) < 4.78 is 1.87. The summed E-state index contributed by atoms with van der Waals surface area (Å²) in [6, 6.07) is 5.98. The number of aromatic amines is 1. The van der Waals surface area contributed by atoms with E-state index in [0.29, 0.717) is 11.5 Å². The lowest BCUT2D eigenvalue weighted by Gasteiger charge is -2.30. The van der Waals surface area contributed by atoms with Gasteiger partial charge in [-0.25, -0.2) is 4.79 Å². The Labute approximate surface area is 147 Å². The molecule has 2 heterocycles. The quantitative estimate of drug-likeness (QED) is 0.800. The lowest BCUT2D eigenvalue weighted by molar-refractivity contribution is 0.0915. The van der Waals surface area contributed by atoms with Crippen LogP contribution in [0, 0.1) is 5.92 Å². The summed E-state index contributed by atoms with van der Waals surface area (Å²) >= 11 is 0. The fourth-order valence-corrected chi connectivity index (χ4v) is 4.23. The molecule has 2 aromatic rings. The number of amides is 1. The Hall–Kier alpha value is -2.08. The Kier molecular flexibility index (Phi) is 4.37. The first-order valence-electron chi connectivity index (χ1n) is 9.39. The van der Waals surface area contributed by atoms with Crippen molar-refractivity contribution < 1.29 is 4.79 Å². The van der Waals surface area contributed by atoms with Gasteiger partial charge in [-0.3, -0.25) is 9.36 Å². The summed E-state index contributed by atoms with van der Waals surface area (Å²) in [6.45, 7) is 3.99. The van der Waals surface area contributed by atoms with Gasteiger partial charge in [0, 0.05) is 24.2 Å². The molecule has 0 bridgehead atoms. The van der Waals surface area contributed by atoms with Crippen molar-refractivity contribution in [2.75, 3.05) is 13.1 Å². The number of benzene rings is 1. The molecule has 2 unspecified atom stereocenters. The van der Waals surface area contributed by atoms with Gasteiger partial charge in [0.2, 0.25) is 0 Å². The molecule has 6 nitrogen and oxygen atoms in total. The summed E-state index contributed by atoms with van der Waals surface area (Å²) in [6.07, 6.45) is 5.54. The zero-order chi connectivity index (χ0) is 17.4. The van der Waals surface area contributed by atoms with Gasteiger partial charge in [0.05, 0.1) is 11.0 Å². The van der Waals surface area contributed by atoms with E-state index in [9.17, 15) is 9.59 Å². The van der Waals surface area contributed by atoms with Crippen LogP contribution in [0.5, 0.6) is 0 Å². The second kappa shape index (κ2) is 6.67. The molecule has 1 amide bonds. The highest BCUT2D eigenvalue weighted by molar-refractivity contribution is 5.97. The van der Waals surface area contributed by atoms with Crippen LogP contribution in [0.2, 0.25) is 0 Å². The molecule has 4 rings (SSSR count). The van der Waals surface area contributed by atoms with Crippen LogP contribution in [0.15, 0.2) is 23.0 Å². The number of carbonyl (C=O) groups is 1. The molecule has 134 valence electrons. The third-order valence-corrected chi connectivity index (χ3v) is 5.81. The maximum Gasteiger partial charge on any atom is 0.326 e. The Bertz CT molecular complexity index is 832. The lowest BCUT2D eigenvalue weighted by Crippen LogP contribution is -2.50. The van der Waals surface area contributed by atoms with Crippen LogP contribution in [0.25, 0.3) is 11.0 Å². The first-order chi connectivity index (χ1) is 12.1. The van der Waals surface area contributed by atoms with Crippen molar-refractivity contribution in [1.29, 1.82) is 0 Å². The lowest BCUT2D eigenvalue weighted by atomic mass is 9.94. The van der Waals surface area contributed by atoms with E-state index in [1.54, 1.807) is 6.07 Å². The average molecular weight is 342 g/mol. The maximum atomic E-state index is 12.6. The first kappa shape index (κ1) is 16.4. The molecular weight excluding hydrogens is 316 g/mol. The number of H-pyrrole nitrogens is 1. The highest BCUT2D eigenvalue weighted by Gasteiger charge is 2.24. The van der Waals surface area contributed by atoms with E-state index >= 15 is 0 Å². The topological polar surface area (TPSA) is 78.9 Å². The van der Waals surface area contributed by atoms with Gasteiger partial charge in [0.1, 0.15) is 0 Å². The van der Waals surface area contributed by atoms with Crippen molar-refractivity contribution in [2.24, 2.45) is 5.92 Å². The molecule has 25 heavy (non-hydrogen) atoms. The third-order valence-electron chi connectivity index (χ3n) is 5.81. The van der Waals surface area contributed by atoms with E-state index in [-0.39, 0.29) is 23.7 Å². The smallest absolute Gasteiger partial charge is 0.326 e. The van der Waals surface area contributed by atoms with Crippen molar-refractivity contribution in [3.05, 3.63) is 34.2 Å². The maximum absolute atomic E-state index is 12.6. The number of piperidine rings is 1. The van der Waals surface area contributed by atoms with Gasteiger partial charge < -0.3 is 15.6 Å². The van der Waals surface area contributed by atoms with Gasteiger partial charge in [0.15, 0.2) is 0 Å². The normalized spacial score (nSPS) is 24.7. The van der Waals surface area contributed by atoms with E-state index in [1.807, 2.05) is 16.7 Å². The highest BCUT2D eigenvalue weighted by atomic mass is 16.2. The van der Waals surface area contributed by atoms with E-state index in [0.717, 1.165) is 43.4 Å². The van der Waals surface area contributed by atoms with Crippen molar-refractivity contribution in [3.8, 4) is 0 Å². The number of aromatic nitrogens is 2. The van der Waals surface area contributed by atoms with Gasteiger partial charge in [-0.15, -0.1) is 0 Å². The number of hydrogen-bond donors (Lipinski definition) is 3. The van der Waals surface area contributed by atoms with Gasteiger partial charge in [0.25, 0.3) is 5.91 Å². The van der Waals surface area contributed by atoms with Gasteiger partial charge in [-0.1, -0.05) is 19.8 Å². The number of hydrogen-bond acceptors (Lipinski definition) is 3. The molecule has 2 fully saturated rings. The minimum Gasteiger partial charge on any atom is -0.348 e. The fraction of sp³-hybridized carbons (Fsp3) is 0.579. The molecule has 0 radical (unpaired) electrons. The van der Waals surface area contributed by atoms with E-state index in [4.69, 9.17) is 0 Å². The van der Waals surface area contributed by atoms with Crippen LogP contribution in [0.3, 0.4) is 0 Å². The van der Waals surface area contributed by atoms with E-state index in [2.05, 4.69) is 22.5 Å². The summed E-state index contributed by atoms with van der Waals surface area (Å²) in [5, 5.41) is 6.45. The molecule has 1 saturated heterocycles. The molecule has 1 aliphatic carbocycles. The molecule has 1 aromatic carbocycles. The molecule has 2 atom stereocenters. The molecule has 6 heteroatoms. The second-order valence-corrected chi connectivity index (χ2v) is 7.52. The monoisotopic (exact) mass is 342 g/mol. The van der Waals surface area contributed by atoms with Crippen LogP contribution in [-0.2, 0) is 0 Å². The number of carbonyl (C=O) groups excluding carboxylic acids is 1. The van der Waals surface area contributed by atoms with Crippen LogP contribution in [0.4, 0.5) is 0 Å². The van der Waals surface area contributed by atoms with Crippen molar-refractivity contribution >= 4 is 16.9 Å². The zero-order valence-electron chi connectivity index (χ0n) is 14.7. The molecule has 1 saturated carbocycles. The SMILES string of the molecule is CC1CCNCC1NC(=O)c1ccc2c(c1)[nH]c(=O)n2C1CCCC1. The van der Waals surface area contributed by atoms with E-state index in [1.165, 1.54) is 12.8 Å². The molecule has 1 aromatic heterocycles. The minimum atomic E-state index is -0.0723. The van der Waals surface area contributed by atoms with Crippen LogP contribution < -0.4 is 16.3 Å². The molecular formula is C19H26N4O2. The predicted octanol–water partition coefficient (Wildman–Crippen LogP) is 2.17.